The van der Waals surface area contributed by atoms with E-state index in [4.69, 9.17) is 9.16 Å². The summed E-state index contributed by atoms with van der Waals surface area (Å²) in [5.74, 6) is 0. The average molecular weight is 501 g/mol. The molecule has 0 aromatic heterocycles. The molecular weight excluding hydrogens is 459 g/mol. The molecule has 0 aliphatic carbocycles. The molecule has 0 radical (unpaired) electrons. The van der Waals surface area contributed by atoms with Gasteiger partial charge in [-0.3, -0.25) is 9.80 Å². The van der Waals surface area contributed by atoms with E-state index in [0.717, 1.165) is 17.7 Å². The third-order valence-corrected chi connectivity index (χ3v) is 11.8. The minimum absolute atomic E-state index is 0.153. The van der Waals surface area contributed by atoms with Gasteiger partial charge in [-0.1, -0.05) is 81.4 Å². The predicted molar refractivity (Wildman–Crippen MR) is 142 cm³/mol. The Hall–Kier alpha value is -2.22. The van der Waals surface area contributed by atoms with E-state index in [2.05, 4.69) is 38.8 Å². The van der Waals surface area contributed by atoms with E-state index in [1.807, 2.05) is 60.7 Å². The summed E-state index contributed by atoms with van der Waals surface area (Å²) in [7, 11) is -1.82. The minimum atomic E-state index is -1.82. The van der Waals surface area contributed by atoms with Crippen molar-refractivity contribution in [1.82, 2.24) is 9.80 Å². The molecule has 5 nitrogen and oxygen atoms in total. The molecule has 35 heavy (non-hydrogen) atoms. The first-order chi connectivity index (χ1) is 16.6. The van der Waals surface area contributed by atoms with Crippen molar-refractivity contribution < 1.29 is 18.3 Å². The van der Waals surface area contributed by atoms with Gasteiger partial charge >= 0.3 is 6.09 Å². The second-order valence-electron chi connectivity index (χ2n) is 10.9. The summed E-state index contributed by atoms with van der Waals surface area (Å²) in [5.41, 5.74) is 1.87. The van der Waals surface area contributed by atoms with Crippen LogP contribution < -0.4 is 0 Å². The highest BCUT2D eigenvalue weighted by atomic mass is 28.4. The summed E-state index contributed by atoms with van der Waals surface area (Å²) >= 11 is 0. The first-order valence-electron chi connectivity index (χ1n) is 12.6. The number of amides is 1. The largest absolute Gasteiger partial charge is 0.445 e. The number of carbonyl (C=O) groups is 1. The van der Waals surface area contributed by atoms with Gasteiger partial charge in [0.05, 0.1) is 6.04 Å². The maximum atomic E-state index is 15.5. The molecule has 7 heteroatoms. The number of benzene rings is 2. The standard InChI is InChI=1S/C28H41FN2O3Si/c1-28(2,3)35(4,5)34-19-18-30-17-16-26(25(29)21-30)31(20-23-12-8-6-9-13-23)27(32)33-22-24-14-10-7-11-15-24/h6-15,25-26H,16-22H2,1-5H3/t25-,26-/m0/s1. The normalized spacial score (nSPS) is 19.4. The lowest BCUT2D eigenvalue weighted by Crippen LogP contribution is -2.54. The van der Waals surface area contributed by atoms with Gasteiger partial charge in [-0.15, -0.1) is 0 Å². The molecule has 1 saturated heterocycles. The van der Waals surface area contributed by atoms with Crippen LogP contribution in [0.5, 0.6) is 0 Å². The maximum Gasteiger partial charge on any atom is 0.410 e. The van der Waals surface area contributed by atoms with E-state index < -0.39 is 26.6 Å². The third kappa shape index (κ3) is 7.89. The number of hydrogen-bond acceptors (Lipinski definition) is 4. The zero-order chi connectivity index (χ0) is 25.5. The molecule has 0 spiro atoms. The van der Waals surface area contributed by atoms with Crippen molar-refractivity contribution in [3.63, 3.8) is 0 Å². The lowest BCUT2D eigenvalue weighted by molar-refractivity contribution is 0.0147. The monoisotopic (exact) mass is 500 g/mol. The number of nitrogens with zero attached hydrogens (tertiary/aromatic N) is 2. The fourth-order valence-electron chi connectivity index (χ4n) is 4.06. The maximum absolute atomic E-state index is 15.5. The second-order valence-corrected chi connectivity index (χ2v) is 15.7. The summed E-state index contributed by atoms with van der Waals surface area (Å²) in [6.07, 6.45) is -1.06. The van der Waals surface area contributed by atoms with Crippen LogP contribution in [0, 0.1) is 0 Å². The molecule has 0 saturated carbocycles. The van der Waals surface area contributed by atoms with Crippen molar-refractivity contribution in [2.75, 3.05) is 26.2 Å². The summed E-state index contributed by atoms with van der Waals surface area (Å²) in [6, 6.07) is 18.8. The Kier molecular flexibility index (Phi) is 9.50. The lowest BCUT2D eigenvalue weighted by Gasteiger charge is -2.41. The smallest absolute Gasteiger partial charge is 0.410 e. The van der Waals surface area contributed by atoms with Gasteiger partial charge in [0.25, 0.3) is 0 Å². The van der Waals surface area contributed by atoms with Crippen molar-refractivity contribution in [3.05, 3.63) is 71.8 Å². The zero-order valence-corrected chi connectivity index (χ0v) is 22.9. The first kappa shape index (κ1) is 27.4. The highest BCUT2D eigenvalue weighted by Gasteiger charge is 2.39. The molecule has 192 valence electrons. The Morgan fingerprint density at radius 1 is 1.06 bits per heavy atom. The van der Waals surface area contributed by atoms with Crippen molar-refractivity contribution in [2.45, 2.75) is 70.7 Å². The highest BCUT2D eigenvalue weighted by Crippen LogP contribution is 2.36. The Labute approximate surface area is 211 Å². The molecule has 1 aliphatic rings. The van der Waals surface area contributed by atoms with Crippen molar-refractivity contribution in [2.24, 2.45) is 0 Å². The summed E-state index contributed by atoms with van der Waals surface area (Å²) in [5, 5.41) is 0.153. The van der Waals surface area contributed by atoms with E-state index >= 15 is 4.39 Å². The highest BCUT2D eigenvalue weighted by molar-refractivity contribution is 6.74. The molecule has 1 amide bonds. The Morgan fingerprint density at radius 2 is 1.66 bits per heavy atom. The Balaban J connectivity index is 1.60. The number of ether oxygens (including phenoxy) is 1. The number of hydrogen-bond donors (Lipinski definition) is 0. The summed E-state index contributed by atoms with van der Waals surface area (Å²) in [6.45, 7) is 14.0. The van der Waals surface area contributed by atoms with Gasteiger partial charge in [0.15, 0.2) is 8.32 Å². The number of likely N-dealkylation sites (tertiary alicyclic amines) is 1. The number of halogens is 1. The van der Waals surface area contributed by atoms with E-state index in [1.54, 1.807) is 4.90 Å². The van der Waals surface area contributed by atoms with Crippen LogP contribution in [0.15, 0.2) is 60.7 Å². The fraction of sp³-hybridized carbons (Fsp3) is 0.536. The molecule has 3 rings (SSSR count). The Morgan fingerprint density at radius 3 is 2.23 bits per heavy atom. The summed E-state index contributed by atoms with van der Waals surface area (Å²) < 4.78 is 27.4. The van der Waals surface area contributed by atoms with Gasteiger partial charge in [-0.25, -0.2) is 9.18 Å². The molecule has 0 unspecified atom stereocenters. The van der Waals surface area contributed by atoms with E-state index in [-0.39, 0.29) is 11.6 Å². The van der Waals surface area contributed by atoms with E-state index in [9.17, 15) is 4.79 Å². The topological polar surface area (TPSA) is 42.0 Å². The zero-order valence-electron chi connectivity index (χ0n) is 21.9. The average Bonchev–Trinajstić information content (AvgIpc) is 2.82. The minimum Gasteiger partial charge on any atom is -0.445 e. The van der Waals surface area contributed by atoms with Crippen LogP contribution in [-0.2, 0) is 22.3 Å². The van der Waals surface area contributed by atoms with Gasteiger partial charge in [0.1, 0.15) is 12.8 Å². The van der Waals surface area contributed by atoms with Gasteiger partial charge in [-0.2, -0.15) is 0 Å². The van der Waals surface area contributed by atoms with Crippen molar-refractivity contribution in [3.8, 4) is 0 Å². The van der Waals surface area contributed by atoms with Crippen LogP contribution in [0.2, 0.25) is 18.1 Å². The molecule has 2 aromatic carbocycles. The molecule has 1 aliphatic heterocycles. The van der Waals surface area contributed by atoms with E-state index in [1.165, 1.54) is 0 Å². The van der Waals surface area contributed by atoms with Crippen molar-refractivity contribution >= 4 is 14.4 Å². The van der Waals surface area contributed by atoms with E-state index in [0.29, 0.717) is 32.7 Å². The quantitative estimate of drug-likeness (QED) is 0.381. The van der Waals surface area contributed by atoms with Crippen LogP contribution in [0.25, 0.3) is 0 Å². The first-order valence-corrected chi connectivity index (χ1v) is 15.5. The molecular formula is C28H41FN2O3Si. The van der Waals surface area contributed by atoms with Crippen LogP contribution >= 0.6 is 0 Å². The molecule has 1 heterocycles. The molecule has 0 N–H and O–H groups in total. The Bertz CT molecular complexity index is 921. The van der Waals surface area contributed by atoms with Crippen LogP contribution in [0.3, 0.4) is 0 Å². The van der Waals surface area contributed by atoms with Gasteiger partial charge in [0.2, 0.25) is 0 Å². The van der Waals surface area contributed by atoms with Gasteiger partial charge < -0.3 is 9.16 Å². The number of rotatable bonds is 9. The molecule has 2 atom stereocenters. The predicted octanol–water partition coefficient (Wildman–Crippen LogP) is 6.26. The fourth-order valence-corrected chi connectivity index (χ4v) is 5.09. The van der Waals surface area contributed by atoms with Crippen LogP contribution in [0.1, 0.15) is 38.3 Å². The SMILES string of the molecule is CC(C)(C)[Si](C)(C)OCCN1CC[C@H](N(Cc2ccccc2)C(=O)OCc2ccccc2)[C@@H](F)C1. The number of alkyl halides is 1. The van der Waals surface area contributed by atoms with Crippen LogP contribution in [0.4, 0.5) is 9.18 Å². The number of piperidine rings is 1. The van der Waals surface area contributed by atoms with Crippen molar-refractivity contribution in [1.29, 1.82) is 0 Å². The molecule has 0 bridgehead atoms. The summed E-state index contributed by atoms with van der Waals surface area (Å²) in [4.78, 5) is 16.8. The molecule has 2 aromatic rings. The van der Waals surface area contributed by atoms with Crippen LogP contribution in [-0.4, -0.2) is 62.7 Å². The second kappa shape index (κ2) is 12.1. The number of carbonyl (C=O) groups excluding carboxylic acids is 1. The van der Waals surface area contributed by atoms with Gasteiger partial charge in [0, 0.05) is 32.8 Å². The lowest BCUT2D eigenvalue weighted by atomic mass is 10.0. The van der Waals surface area contributed by atoms with Gasteiger partial charge in [-0.05, 0) is 35.7 Å². The molecule has 1 fully saturated rings. The third-order valence-electron chi connectivity index (χ3n) is 7.30.